The Morgan fingerprint density at radius 3 is 2.70 bits per heavy atom. The number of rotatable bonds is 4. The number of carbonyl (C=O) groups is 2. The van der Waals surface area contributed by atoms with Gasteiger partial charge in [0.15, 0.2) is 17.7 Å². The van der Waals surface area contributed by atoms with Crippen LogP contribution in [-0.2, 0) is 14.3 Å². The van der Waals surface area contributed by atoms with Crippen LogP contribution in [-0.4, -0.2) is 35.1 Å². The first-order chi connectivity index (χ1) is 10.7. The summed E-state index contributed by atoms with van der Waals surface area (Å²) in [5.41, 5.74) is 4.52. The monoisotopic (exact) mass is 321 g/mol. The fraction of sp³-hybridized carbons (Fsp3) is 0.562. The summed E-state index contributed by atoms with van der Waals surface area (Å²) in [4.78, 5) is 30.8. The Hall–Kier alpha value is -2.31. The molecule has 1 atom stereocenters. The number of aromatic nitrogens is 1. The predicted molar refractivity (Wildman–Crippen MR) is 86.1 cm³/mol. The molecule has 2 N–H and O–H groups in total. The van der Waals surface area contributed by atoms with Crippen LogP contribution in [0, 0.1) is 5.92 Å². The smallest absolute Gasteiger partial charge is 0.331 e. The van der Waals surface area contributed by atoms with E-state index < -0.39 is 17.6 Å². The highest BCUT2D eigenvalue weighted by Crippen LogP contribution is 2.39. The molecule has 0 aliphatic carbocycles. The fourth-order valence-corrected chi connectivity index (χ4v) is 2.48. The molecule has 1 aliphatic rings. The fourth-order valence-electron chi connectivity index (χ4n) is 2.48. The van der Waals surface area contributed by atoms with Crippen LogP contribution in [0.15, 0.2) is 12.1 Å². The number of nitrogen functional groups attached to an aromatic ring is 1. The molecule has 126 valence electrons. The van der Waals surface area contributed by atoms with E-state index in [4.69, 9.17) is 15.2 Å². The Morgan fingerprint density at radius 2 is 2.13 bits per heavy atom. The Morgan fingerprint density at radius 1 is 1.48 bits per heavy atom. The van der Waals surface area contributed by atoms with Gasteiger partial charge in [0.25, 0.3) is 5.91 Å². The zero-order valence-corrected chi connectivity index (χ0v) is 14.1. The molecule has 1 aromatic rings. The lowest BCUT2D eigenvalue weighted by molar-refractivity contribution is -0.151. The number of pyridine rings is 1. The second kappa shape index (κ2) is 6.06. The third-order valence-electron chi connectivity index (χ3n) is 3.73. The molecule has 0 radical (unpaired) electrons. The Balaban J connectivity index is 2.57. The second-order valence-corrected chi connectivity index (χ2v) is 6.29. The van der Waals surface area contributed by atoms with Crippen molar-refractivity contribution in [2.24, 2.45) is 5.92 Å². The minimum Gasteiger partial charge on any atom is -0.476 e. The van der Waals surface area contributed by atoms with Crippen LogP contribution in [0.5, 0.6) is 5.75 Å². The normalized spacial score (nSPS) is 17.7. The molecule has 0 aromatic carbocycles. The summed E-state index contributed by atoms with van der Waals surface area (Å²) in [6.07, 6.45) is -0.693. The van der Waals surface area contributed by atoms with Crippen LogP contribution < -0.4 is 15.4 Å². The average Bonchev–Trinajstić information content (AvgIpc) is 2.46. The molecule has 2 heterocycles. The van der Waals surface area contributed by atoms with Crippen LogP contribution >= 0.6 is 0 Å². The summed E-state index contributed by atoms with van der Waals surface area (Å²) < 4.78 is 10.9. The van der Waals surface area contributed by atoms with Crippen molar-refractivity contribution in [1.82, 2.24) is 4.98 Å². The maximum absolute atomic E-state index is 12.9. The number of fused-ring (bicyclic) bond motifs is 1. The van der Waals surface area contributed by atoms with E-state index in [1.807, 2.05) is 13.8 Å². The summed E-state index contributed by atoms with van der Waals surface area (Å²) in [6, 6.07) is 3.26. The molecule has 0 bridgehead atoms. The molecule has 1 amide bonds. The summed E-state index contributed by atoms with van der Waals surface area (Å²) in [6.45, 7) is 8.96. The molecule has 0 fully saturated rings. The minimum atomic E-state index is -1.22. The van der Waals surface area contributed by atoms with Crippen LogP contribution in [0.4, 0.5) is 11.6 Å². The molecule has 0 saturated carbocycles. The SMILES string of the molecule is CCOC(=O)C(C)(C)N1C(=O)C(C(C)C)Oc2ccc(N)nc21. The predicted octanol–water partition coefficient (Wildman–Crippen LogP) is 1.76. The quantitative estimate of drug-likeness (QED) is 0.849. The van der Waals surface area contributed by atoms with E-state index in [-0.39, 0.29) is 30.1 Å². The van der Waals surface area contributed by atoms with Crippen molar-refractivity contribution in [2.75, 3.05) is 17.2 Å². The van der Waals surface area contributed by atoms with Gasteiger partial charge in [0.2, 0.25) is 0 Å². The van der Waals surface area contributed by atoms with E-state index >= 15 is 0 Å². The van der Waals surface area contributed by atoms with Crippen molar-refractivity contribution in [3.63, 3.8) is 0 Å². The van der Waals surface area contributed by atoms with Gasteiger partial charge in [0, 0.05) is 0 Å². The number of esters is 1. The van der Waals surface area contributed by atoms with E-state index in [1.54, 1.807) is 32.9 Å². The lowest BCUT2D eigenvalue weighted by Crippen LogP contribution is -2.60. The second-order valence-electron chi connectivity index (χ2n) is 6.29. The lowest BCUT2D eigenvalue weighted by atomic mass is 9.97. The van der Waals surface area contributed by atoms with Crippen molar-refractivity contribution in [1.29, 1.82) is 0 Å². The van der Waals surface area contributed by atoms with Gasteiger partial charge in [0.1, 0.15) is 11.4 Å². The maximum atomic E-state index is 12.9. The summed E-state index contributed by atoms with van der Waals surface area (Å²) in [5, 5.41) is 0. The molecule has 0 saturated heterocycles. The molecular weight excluding hydrogens is 298 g/mol. The summed E-state index contributed by atoms with van der Waals surface area (Å²) >= 11 is 0. The molecular formula is C16H23N3O4. The van der Waals surface area contributed by atoms with Crippen molar-refractivity contribution in [3.8, 4) is 5.75 Å². The first-order valence-corrected chi connectivity index (χ1v) is 7.64. The van der Waals surface area contributed by atoms with Gasteiger partial charge in [-0.2, -0.15) is 0 Å². The van der Waals surface area contributed by atoms with Crippen LogP contribution in [0.3, 0.4) is 0 Å². The van der Waals surface area contributed by atoms with Gasteiger partial charge in [0.05, 0.1) is 6.61 Å². The topological polar surface area (TPSA) is 94.8 Å². The Kier molecular flexibility index (Phi) is 4.49. The maximum Gasteiger partial charge on any atom is 0.331 e. The summed E-state index contributed by atoms with van der Waals surface area (Å²) in [7, 11) is 0. The third-order valence-corrected chi connectivity index (χ3v) is 3.73. The average molecular weight is 321 g/mol. The molecule has 1 aromatic heterocycles. The van der Waals surface area contributed by atoms with E-state index in [0.717, 1.165) is 0 Å². The number of hydrogen-bond acceptors (Lipinski definition) is 6. The van der Waals surface area contributed by atoms with Crippen molar-refractivity contribution >= 4 is 23.5 Å². The molecule has 7 heteroatoms. The molecule has 7 nitrogen and oxygen atoms in total. The Labute approximate surface area is 135 Å². The number of nitrogens with zero attached hydrogens (tertiary/aromatic N) is 2. The number of amides is 1. The van der Waals surface area contributed by atoms with Crippen LogP contribution in [0.2, 0.25) is 0 Å². The first-order valence-electron chi connectivity index (χ1n) is 7.64. The van der Waals surface area contributed by atoms with Gasteiger partial charge in [-0.25, -0.2) is 9.78 Å². The van der Waals surface area contributed by atoms with E-state index in [1.165, 1.54) is 4.90 Å². The highest BCUT2D eigenvalue weighted by atomic mass is 16.5. The highest BCUT2D eigenvalue weighted by Gasteiger charge is 2.48. The zero-order valence-electron chi connectivity index (χ0n) is 14.1. The molecule has 1 unspecified atom stereocenters. The summed E-state index contributed by atoms with van der Waals surface area (Å²) in [5.74, 6) is 0.0120. The van der Waals surface area contributed by atoms with E-state index in [2.05, 4.69) is 4.98 Å². The number of ether oxygens (including phenoxy) is 2. The Bertz CT molecular complexity index is 628. The first kappa shape index (κ1) is 17.1. The number of carbonyl (C=O) groups excluding carboxylic acids is 2. The molecule has 0 spiro atoms. The van der Waals surface area contributed by atoms with E-state index in [0.29, 0.717) is 5.75 Å². The van der Waals surface area contributed by atoms with Gasteiger partial charge in [-0.3, -0.25) is 9.69 Å². The van der Waals surface area contributed by atoms with Crippen molar-refractivity contribution < 1.29 is 19.1 Å². The van der Waals surface area contributed by atoms with Gasteiger partial charge in [-0.05, 0) is 38.8 Å². The number of hydrogen-bond donors (Lipinski definition) is 1. The van der Waals surface area contributed by atoms with Gasteiger partial charge >= 0.3 is 5.97 Å². The van der Waals surface area contributed by atoms with Gasteiger partial charge < -0.3 is 15.2 Å². The largest absolute Gasteiger partial charge is 0.476 e. The molecule has 1 aliphatic heterocycles. The van der Waals surface area contributed by atoms with E-state index in [9.17, 15) is 9.59 Å². The lowest BCUT2D eigenvalue weighted by Gasteiger charge is -2.42. The number of nitrogens with two attached hydrogens (primary N) is 1. The number of anilines is 2. The van der Waals surface area contributed by atoms with Crippen LogP contribution in [0.1, 0.15) is 34.6 Å². The minimum absolute atomic E-state index is 0.0614. The van der Waals surface area contributed by atoms with Gasteiger partial charge in [-0.15, -0.1) is 0 Å². The highest BCUT2D eigenvalue weighted by molar-refractivity contribution is 6.05. The van der Waals surface area contributed by atoms with Gasteiger partial charge in [-0.1, -0.05) is 13.8 Å². The zero-order chi connectivity index (χ0) is 17.4. The standard InChI is InChI=1S/C16H23N3O4/c1-6-22-15(21)16(4,5)19-13-10(7-8-11(17)18-13)23-12(9(2)3)14(19)20/h7-9,12H,6H2,1-5H3,(H2,17,18). The van der Waals surface area contributed by atoms with Crippen molar-refractivity contribution in [3.05, 3.63) is 12.1 Å². The third kappa shape index (κ3) is 2.95. The molecule has 23 heavy (non-hydrogen) atoms. The van der Waals surface area contributed by atoms with Crippen molar-refractivity contribution in [2.45, 2.75) is 46.3 Å². The van der Waals surface area contributed by atoms with Crippen LogP contribution in [0.25, 0.3) is 0 Å². The molecule has 2 rings (SSSR count).